The summed E-state index contributed by atoms with van der Waals surface area (Å²) in [5, 5.41) is 3.97. The topological polar surface area (TPSA) is 60.2 Å². The Balaban J connectivity index is 2.92. The normalized spacial score (nSPS) is 12.1. The molecule has 0 atom stereocenters. The Hall–Kier alpha value is -0.780. The number of benzene rings is 1. The van der Waals surface area contributed by atoms with Crippen LogP contribution in [0.1, 0.15) is 0 Å². The van der Waals surface area contributed by atoms with E-state index in [4.69, 9.17) is 26.8 Å². The first-order valence-electron chi connectivity index (χ1n) is 3.49. The van der Waals surface area contributed by atoms with Crippen molar-refractivity contribution < 1.29 is 12.9 Å². The lowest BCUT2D eigenvalue weighted by atomic mass is 10.3. The quantitative estimate of drug-likeness (QED) is 0.731. The second kappa shape index (κ2) is 3.12. The summed E-state index contributed by atoms with van der Waals surface area (Å²) < 4.78 is 26.9. The maximum atomic E-state index is 11.1. The fraction of sp³-hybridized carbons (Fsp3) is 0. The highest BCUT2D eigenvalue weighted by Gasteiger charge is 2.18. The van der Waals surface area contributed by atoms with Gasteiger partial charge in [0.2, 0.25) is 0 Å². The number of hydrogen-bond acceptors (Lipinski definition) is 4. The summed E-state index contributed by atoms with van der Waals surface area (Å²) in [6.45, 7) is 0. The van der Waals surface area contributed by atoms with Crippen molar-refractivity contribution >= 4 is 42.3 Å². The molecule has 14 heavy (non-hydrogen) atoms. The van der Waals surface area contributed by atoms with Crippen molar-refractivity contribution in [1.29, 1.82) is 0 Å². The molecule has 4 nitrogen and oxygen atoms in total. The van der Waals surface area contributed by atoms with Gasteiger partial charge in [-0.1, -0.05) is 22.8 Å². The van der Waals surface area contributed by atoms with E-state index in [1.165, 1.54) is 12.1 Å². The standard InChI is InChI=1S/C7H3Cl2NO3S/c8-7-4-2-1-3-5(14(9,11)12)6(4)13-10-7/h1-3H. The van der Waals surface area contributed by atoms with Crippen molar-refractivity contribution in [2.24, 2.45) is 0 Å². The summed E-state index contributed by atoms with van der Waals surface area (Å²) in [5.74, 6) is 0. The lowest BCUT2D eigenvalue weighted by molar-refractivity contribution is 0.451. The van der Waals surface area contributed by atoms with Gasteiger partial charge in [-0.3, -0.25) is 0 Å². The van der Waals surface area contributed by atoms with E-state index in [1.54, 1.807) is 6.07 Å². The van der Waals surface area contributed by atoms with E-state index in [1.807, 2.05) is 0 Å². The first-order valence-corrected chi connectivity index (χ1v) is 6.17. The van der Waals surface area contributed by atoms with Gasteiger partial charge in [-0.05, 0) is 12.1 Å². The van der Waals surface area contributed by atoms with Gasteiger partial charge in [0.1, 0.15) is 4.90 Å². The van der Waals surface area contributed by atoms with E-state index >= 15 is 0 Å². The summed E-state index contributed by atoms with van der Waals surface area (Å²) in [4.78, 5) is -0.129. The molecule has 1 aromatic heterocycles. The Morgan fingerprint density at radius 1 is 1.36 bits per heavy atom. The van der Waals surface area contributed by atoms with Crippen LogP contribution in [0.3, 0.4) is 0 Å². The fourth-order valence-corrected chi connectivity index (χ4v) is 2.26. The Morgan fingerprint density at radius 2 is 2.07 bits per heavy atom. The van der Waals surface area contributed by atoms with Gasteiger partial charge >= 0.3 is 0 Å². The molecule has 0 aliphatic rings. The van der Waals surface area contributed by atoms with Gasteiger partial charge in [-0.15, -0.1) is 0 Å². The molecule has 0 bridgehead atoms. The Morgan fingerprint density at radius 3 is 2.71 bits per heavy atom. The molecule has 0 unspecified atom stereocenters. The van der Waals surface area contributed by atoms with Crippen LogP contribution in [-0.2, 0) is 9.05 Å². The molecule has 0 aliphatic carbocycles. The SMILES string of the molecule is O=S(=O)(Cl)c1cccc2c(Cl)noc12. The summed E-state index contributed by atoms with van der Waals surface area (Å²) in [7, 11) is 1.35. The smallest absolute Gasteiger partial charge is 0.265 e. The van der Waals surface area contributed by atoms with Crippen LogP contribution in [0.15, 0.2) is 27.6 Å². The Bertz CT molecular complexity index is 590. The largest absolute Gasteiger partial charge is 0.353 e. The lowest BCUT2D eigenvalue weighted by Gasteiger charge is -1.94. The Labute approximate surface area is 88.8 Å². The predicted octanol–water partition coefficient (Wildman–Crippen LogP) is 2.41. The van der Waals surface area contributed by atoms with Gasteiger partial charge in [-0.25, -0.2) is 8.42 Å². The molecule has 0 amide bonds. The molecule has 1 aromatic carbocycles. The molecule has 2 aromatic rings. The number of halogens is 2. The van der Waals surface area contributed by atoms with Gasteiger partial charge in [0.25, 0.3) is 9.05 Å². The molecule has 2 rings (SSSR count). The molecule has 7 heteroatoms. The second-order valence-corrected chi connectivity index (χ2v) is 5.44. The summed E-state index contributed by atoms with van der Waals surface area (Å²) in [6, 6.07) is 4.44. The molecule has 0 spiro atoms. The number of fused-ring (bicyclic) bond motifs is 1. The summed E-state index contributed by atoms with van der Waals surface area (Å²) >= 11 is 5.65. The van der Waals surface area contributed by atoms with Gasteiger partial charge in [-0.2, -0.15) is 0 Å². The zero-order chi connectivity index (χ0) is 10.3. The highest BCUT2D eigenvalue weighted by Crippen LogP contribution is 2.29. The monoisotopic (exact) mass is 251 g/mol. The van der Waals surface area contributed by atoms with Crippen molar-refractivity contribution in [2.75, 3.05) is 0 Å². The third kappa shape index (κ3) is 1.47. The number of nitrogens with zero attached hydrogens (tertiary/aromatic N) is 1. The van der Waals surface area contributed by atoms with Crippen molar-refractivity contribution in [3.8, 4) is 0 Å². The summed E-state index contributed by atoms with van der Waals surface area (Å²) in [6.07, 6.45) is 0. The predicted molar refractivity (Wildman–Crippen MR) is 52.1 cm³/mol. The first-order chi connectivity index (χ1) is 6.50. The van der Waals surface area contributed by atoms with Crippen LogP contribution in [0.2, 0.25) is 5.15 Å². The van der Waals surface area contributed by atoms with E-state index in [9.17, 15) is 8.42 Å². The maximum Gasteiger partial charge on any atom is 0.265 e. The number of aromatic nitrogens is 1. The minimum Gasteiger partial charge on any atom is -0.353 e. The lowest BCUT2D eigenvalue weighted by Crippen LogP contribution is -1.90. The molecule has 74 valence electrons. The van der Waals surface area contributed by atoms with E-state index in [2.05, 4.69) is 5.16 Å². The maximum absolute atomic E-state index is 11.1. The fourth-order valence-electron chi connectivity index (χ4n) is 1.10. The highest BCUT2D eigenvalue weighted by atomic mass is 35.7. The molecule has 0 radical (unpaired) electrons. The third-order valence-corrected chi connectivity index (χ3v) is 3.30. The average molecular weight is 252 g/mol. The molecule has 0 fully saturated rings. The van der Waals surface area contributed by atoms with Crippen molar-refractivity contribution in [3.05, 3.63) is 23.4 Å². The van der Waals surface area contributed by atoms with Gasteiger partial charge in [0, 0.05) is 10.7 Å². The number of para-hydroxylation sites is 1. The molecule has 0 saturated heterocycles. The second-order valence-electron chi connectivity index (χ2n) is 2.54. The average Bonchev–Trinajstić information content (AvgIpc) is 2.46. The van der Waals surface area contributed by atoms with Crippen LogP contribution >= 0.6 is 22.3 Å². The van der Waals surface area contributed by atoms with Gasteiger partial charge in [0.05, 0.1) is 5.39 Å². The first kappa shape index (κ1) is 9.76. The molecule has 0 N–H and O–H groups in total. The van der Waals surface area contributed by atoms with E-state index in [0.717, 1.165) is 0 Å². The molecule has 1 heterocycles. The van der Waals surface area contributed by atoms with E-state index in [0.29, 0.717) is 5.39 Å². The van der Waals surface area contributed by atoms with Crippen LogP contribution in [0.5, 0.6) is 0 Å². The van der Waals surface area contributed by atoms with Crippen LogP contribution < -0.4 is 0 Å². The molecule has 0 saturated carbocycles. The number of rotatable bonds is 1. The van der Waals surface area contributed by atoms with Crippen LogP contribution in [0.25, 0.3) is 11.0 Å². The zero-order valence-electron chi connectivity index (χ0n) is 6.57. The van der Waals surface area contributed by atoms with Crippen LogP contribution in [0.4, 0.5) is 0 Å². The van der Waals surface area contributed by atoms with Crippen LogP contribution in [0, 0.1) is 0 Å². The van der Waals surface area contributed by atoms with Crippen molar-refractivity contribution in [2.45, 2.75) is 4.90 Å². The molecular formula is C7H3Cl2NO3S. The van der Waals surface area contributed by atoms with E-state index in [-0.39, 0.29) is 15.6 Å². The summed E-state index contributed by atoms with van der Waals surface area (Å²) in [5.41, 5.74) is 0.0764. The van der Waals surface area contributed by atoms with Crippen LogP contribution in [-0.4, -0.2) is 13.6 Å². The Kier molecular flexibility index (Phi) is 2.17. The third-order valence-electron chi connectivity index (χ3n) is 1.68. The van der Waals surface area contributed by atoms with E-state index < -0.39 is 9.05 Å². The molecule has 0 aliphatic heterocycles. The minimum atomic E-state index is -3.84. The zero-order valence-corrected chi connectivity index (χ0v) is 8.90. The molecular weight excluding hydrogens is 249 g/mol. The van der Waals surface area contributed by atoms with Crippen molar-refractivity contribution in [1.82, 2.24) is 5.16 Å². The highest BCUT2D eigenvalue weighted by molar-refractivity contribution is 8.13. The van der Waals surface area contributed by atoms with Gasteiger partial charge in [0.15, 0.2) is 10.7 Å². The minimum absolute atomic E-state index is 0.0764. The van der Waals surface area contributed by atoms with Gasteiger partial charge < -0.3 is 4.52 Å². The number of hydrogen-bond donors (Lipinski definition) is 0. The van der Waals surface area contributed by atoms with Crippen molar-refractivity contribution in [3.63, 3.8) is 0 Å².